The van der Waals surface area contributed by atoms with E-state index in [4.69, 9.17) is 4.74 Å². The Balaban J connectivity index is 1.49. The van der Waals surface area contributed by atoms with E-state index in [1.807, 2.05) is 0 Å². The van der Waals surface area contributed by atoms with Gasteiger partial charge in [0.15, 0.2) is 0 Å². The van der Waals surface area contributed by atoms with E-state index < -0.39 is 22.8 Å². The van der Waals surface area contributed by atoms with E-state index >= 15 is 0 Å². The zero-order valence-corrected chi connectivity index (χ0v) is 16.5. The van der Waals surface area contributed by atoms with Crippen LogP contribution in [-0.2, 0) is 25.3 Å². The maximum atomic E-state index is 13.6. The van der Waals surface area contributed by atoms with Gasteiger partial charge in [-0.25, -0.2) is 4.21 Å². The molecule has 4 aliphatic carbocycles. The SMILES string of the molecule is COC(=O)[C@H]1[C@H](C(=O)N2[C@@H]3C[C@H]4CC[C@]3(CS2=O)C4(C)C)[C@@H]2C=C[C@H]1C2. The van der Waals surface area contributed by atoms with Crippen molar-refractivity contribution in [3.05, 3.63) is 12.2 Å². The molecule has 26 heavy (non-hydrogen) atoms. The summed E-state index contributed by atoms with van der Waals surface area (Å²) < 4.78 is 19.8. The molecule has 1 amide bonds. The van der Waals surface area contributed by atoms with Crippen LogP contribution in [0.1, 0.15) is 39.5 Å². The normalized spacial score (nSPS) is 49.7. The molecule has 142 valence electrons. The van der Waals surface area contributed by atoms with Gasteiger partial charge in [-0.15, -0.1) is 0 Å². The van der Waals surface area contributed by atoms with Crippen LogP contribution >= 0.6 is 0 Å². The first-order valence-corrected chi connectivity index (χ1v) is 11.1. The number of carbonyl (C=O) groups excluding carboxylic acids is 2. The molecule has 1 unspecified atom stereocenters. The third-order valence-corrected chi connectivity index (χ3v) is 10.3. The van der Waals surface area contributed by atoms with E-state index in [2.05, 4.69) is 26.0 Å². The third-order valence-electron chi connectivity index (χ3n) is 8.71. The van der Waals surface area contributed by atoms with Crippen molar-refractivity contribution >= 4 is 22.9 Å². The predicted octanol–water partition coefficient (Wildman–Crippen LogP) is 2.30. The first-order valence-electron chi connectivity index (χ1n) is 9.79. The van der Waals surface area contributed by atoms with Crippen molar-refractivity contribution in [2.24, 2.45) is 40.4 Å². The van der Waals surface area contributed by atoms with Gasteiger partial charge in [-0.2, -0.15) is 0 Å². The number of allylic oxidation sites excluding steroid dienone is 2. The Kier molecular flexibility index (Phi) is 3.40. The van der Waals surface area contributed by atoms with E-state index in [-0.39, 0.29) is 40.6 Å². The smallest absolute Gasteiger partial charge is 0.310 e. The molecule has 8 atom stereocenters. The minimum Gasteiger partial charge on any atom is -0.469 e. The Bertz CT molecular complexity index is 746. The summed E-state index contributed by atoms with van der Waals surface area (Å²) >= 11 is 0. The van der Waals surface area contributed by atoms with Crippen LogP contribution in [0.4, 0.5) is 0 Å². The number of nitrogens with zero attached hydrogens (tertiary/aromatic N) is 1. The molecule has 6 heteroatoms. The van der Waals surface area contributed by atoms with Crippen LogP contribution in [0.2, 0.25) is 0 Å². The van der Waals surface area contributed by atoms with Crippen LogP contribution in [-0.4, -0.2) is 39.3 Å². The zero-order valence-electron chi connectivity index (χ0n) is 15.6. The third kappa shape index (κ3) is 1.80. The Morgan fingerprint density at radius 3 is 2.50 bits per heavy atom. The first kappa shape index (κ1) is 17.0. The fraction of sp³-hybridized carbons (Fsp3) is 0.800. The Morgan fingerprint density at radius 1 is 1.15 bits per heavy atom. The summed E-state index contributed by atoms with van der Waals surface area (Å²) in [5.74, 6) is 0.193. The average Bonchev–Trinajstić information content (AvgIpc) is 3.36. The van der Waals surface area contributed by atoms with Crippen LogP contribution in [0, 0.1) is 40.4 Å². The number of hydrogen-bond acceptors (Lipinski definition) is 4. The lowest BCUT2D eigenvalue weighted by atomic mass is 9.69. The number of fused-ring (bicyclic) bond motifs is 3. The van der Waals surface area contributed by atoms with Crippen molar-refractivity contribution < 1.29 is 18.5 Å². The van der Waals surface area contributed by atoms with Gasteiger partial charge in [0.05, 0.1) is 30.7 Å². The molecule has 0 N–H and O–H groups in total. The highest BCUT2D eigenvalue weighted by atomic mass is 32.2. The number of methoxy groups -OCH3 is 1. The van der Waals surface area contributed by atoms with Gasteiger partial charge in [-0.3, -0.25) is 13.9 Å². The number of rotatable bonds is 2. The molecule has 1 aliphatic heterocycles. The van der Waals surface area contributed by atoms with Gasteiger partial charge in [0, 0.05) is 5.41 Å². The summed E-state index contributed by atoms with van der Waals surface area (Å²) in [6.07, 6.45) is 8.18. The minimum atomic E-state index is -1.28. The molecular formula is C20H27NO4S. The molecule has 4 fully saturated rings. The van der Waals surface area contributed by atoms with Gasteiger partial charge in [0.1, 0.15) is 11.0 Å². The topological polar surface area (TPSA) is 63.7 Å². The molecule has 3 saturated carbocycles. The molecule has 1 heterocycles. The summed E-state index contributed by atoms with van der Waals surface area (Å²) in [6, 6.07) is 0.0750. The lowest BCUT2D eigenvalue weighted by molar-refractivity contribution is -0.152. The highest BCUT2D eigenvalue weighted by molar-refractivity contribution is 7.83. The van der Waals surface area contributed by atoms with Crippen LogP contribution in [0.25, 0.3) is 0 Å². The molecule has 0 aromatic rings. The van der Waals surface area contributed by atoms with Gasteiger partial charge in [0.2, 0.25) is 5.91 Å². The molecule has 0 aromatic carbocycles. The van der Waals surface area contributed by atoms with E-state index in [1.54, 1.807) is 4.31 Å². The lowest BCUT2D eigenvalue weighted by Gasteiger charge is -2.38. The van der Waals surface area contributed by atoms with Crippen molar-refractivity contribution in [1.29, 1.82) is 0 Å². The Morgan fingerprint density at radius 2 is 1.85 bits per heavy atom. The second-order valence-corrected chi connectivity index (χ2v) is 10.8. The fourth-order valence-corrected chi connectivity index (χ4v) is 9.33. The minimum absolute atomic E-state index is 0.00753. The number of hydrogen-bond donors (Lipinski definition) is 0. The maximum Gasteiger partial charge on any atom is 0.310 e. The van der Waals surface area contributed by atoms with Crippen molar-refractivity contribution in [2.45, 2.75) is 45.6 Å². The van der Waals surface area contributed by atoms with Gasteiger partial charge in [0.25, 0.3) is 0 Å². The number of carbonyl (C=O) groups is 2. The molecule has 0 aromatic heterocycles. The quantitative estimate of drug-likeness (QED) is 0.547. The predicted molar refractivity (Wildman–Crippen MR) is 96.9 cm³/mol. The van der Waals surface area contributed by atoms with E-state index in [9.17, 15) is 13.8 Å². The van der Waals surface area contributed by atoms with Gasteiger partial charge in [-0.05, 0) is 48.9 Å². The van der Waals surface area contributed by atoms with Crippen molar-refractivity contribution in [3.8, 4) is 0 Å². The molecule has 5 nitrogen and oxygen atoms in total. The summed E-state index contributed by atoms with van der Waals surface area (Å²) in [7, 11) is 0.111. The second-order valence-electron chi connectivity index (χ2n) is 9.52. The van der Waals surface area contributed by atoms with Crippen molar-refractivity contribution in [1.82, 2.24) is 4.31 Å². The Hall–Kier alpha value is -1.17. The number of esters is 1. The second kappa shape index (κ2) is 5.21. The van der Waals surface area contributed by atoms with Crippen LogP contribution < -0.4 is 0 Å². The molecule has 5 rings (SSSR count). The zero-order chi connectivity index (χ0) is 18.4. The summed E-state index contributed by atoms with van der Waals surface area (Å²) in [4.78, 5) is 26.0. The summed E-state index contributed by atoms with van der Waals surface area (Å²) in [5.41, 5.74) is 0.130. The highest BCUT2D eigenvalue weighted by Gasteiger charge is 2.71. The first-order chi connectivity index (χ1) is 12.3. The molecule has 0 radical (unpaired) electrons. The van der Waals surface area contributed by atoms with Crippen molar-refractivity contribution in [3.63, 3.8) is 0 Å². The molecule has 4 bridgehead atoms. The fourth-order valence-electron chi connectivity index (χ4n) is 7.15. The molecule has 5 aliphatic rings. The molecule has 1 spiro atoms. The highest BCUT2D eigenvalue weighted by Crippen LogP contribution is 2.69. The van der Waals surface area contributed by atoms with Gasteiger partial charge < -0.3 is 4.74 Å². The van der Waals surface area contributed by atoms with Crippen LogP contribution in [0.15, 0.2) is 12.2 Å². The average molecular weight is 378 g/mol. The van der Waals surface area contributed by atoms with Crippen LogP contribution in [0.5, 0.6) is 0 Å². The van der Waals surface area contributed by atoms with Gasteiger partial charge >= 0.3 is 5.97 Å². The van der Waals surface area contributed by atoms with Crippen LogP contribution in [0.3, 0.4) is 0 Å². The largest absolute Gasteiger partial charge is 0.469 e. The molecule has 1 saturated heterocycles. The summed E-state index contributed by atoms with van der Waals surface area (Å²) in [6.45, 7) is 4.60. The maximum absolute atomic E-state index is 13.6. The lowest BCUT2D eigenvalue weighted by Crippen LogP contribution is -2.48. The number of amides is 1. The summed E-state index contributed by atoms with van der Waals surface area (Å²) in [5, 5.41) is 0. The standard InChI is InChI=1S/C20H27NO4S/c1-19(2)13-6-7-20(19)10-26(24)21(14(20)9-13)17(22)15-11-4-5-12(8-11)16(15)18(23)25-3/h4-5,11-16H,6-10H2,1-3H3/t11-,12+,13-,14-,15-,16-,20-,26?/m1/s1. The monoisotopic (exact) mass is 377 g/mol. The van der Waals surface area contributed by atoms with E-state index in [1.165, 1.54) is 13.5 Å². The number of ether oxygens (including phenoxy) is 1. The van der Waals surface area contributed by atoms with E-state index in [0.29, 0.717) is 11.7 Å². The van der Waals surface area contributed by atoms with Gasteiger partial charge in [-0.1, -0.05) is 26.0 Å². The Labute approximate surface area is 157 Å². The van der Waals surface area contributed by atoms with Crippen molar-refractivity contribution in [2.75, 3.05) is 12.9 Å². The molecular weight excluding hydrogens is 350 g/mol. The van der Waals surface area contributed by atoms with E-state index in [0.717, 1.165) is 19.3 Å².